The molecule has 2 rings (SSSR count). The zero-order chi connectivity index (χ0) is 12.8. The van der Waals surface area contributed by atoms with Gasteiger partial charge in [0.25, 0.3) is 0 Å². The number of aryl methyl sites for hydroxylation is 1. The van der Waals surface area contributed by atoms with Crippen molar-refractivity contribution in [1.29, 1.82) is 0 Å². The van der Waals surface area contributed by atoms with Gasteiger partial charge in [0, 0.05) is 6.42 Å². The van der Waals surface area contributed by atoms with E-state index in [0.717, 1.165) is 37.5 Å². The lowest BCUT2D eigenvalue weighted by Gasteiger charge is -2.11. The molecule has 0 aliphatic carbocycles. The Hall–Kier alpha value is -0.550. The van der Waals surface area contributed by atoms with Gasteiger partial charge in [-0.3, -0.25) is 0 Å². The molecule has 2 unspecified atom stereocenters. The number of thioether (sulfide) groups is 1. The summed E-state index contributed by atoms with van der Waals surface area (Å²) in [6.45, 7) is 2.99. The second-order valence-corrected chi connectivity index (χ2v) is 6.25. The molecule has 0 radical (unpaired) electrons. The first kappa shape index (κ1) is 13.9. The fraction of sp³-hybridized carbons (Fsp3) is 0.846. The lowest BCUT2D eigenvalue weighted by molar-refractivity contribution is 0.350. The first-order valence-electron chi connectivity index (χ1n) is 6.97. The molecular weight excluding hydrogens is 246 g/mol. The second kappa shape index (κ2) is 7.14. The average molecular weight is 269 g/mol. The Kier molecular flexibility index (Phi) is 5.50. The highest BCUT2D eigenvalue weighted by Gasteiger charge is 2.23. The highest BCUT2D eigenvalue weighted by molar-refractivity contribution is 7.99. The summed E-state index contributed by atoms with van der Waals surface area (Å²) >= 11 is 1.94. The molecule has 2 N–H and O–H groups in total. The number of hydrogen-bond acceptors (Lipinski definition) is 5. The maximum Gasteiger partial charge on any atom is 0.226 e. The zero-order valence-corrected chi connectivity index (χ0v) is 11.9. The van der Waals surface area contributed by atoms with Crippen LogP contribution in [-0.2, 0) is 6.42 Å². The van der Waals surface area contributed by atoms with Gasteiger partial charge in [-0.2, -0.15) is 16.7 Å². The molecular formula is C13H23N3OS. The van der Waals surface area contributed by atoms with E-state index >= 15 is 0 Å². The van der Waals surface area contributed by atoms with Crippen molar-refractivity contribution in [3.05, 3.63) is 11.7 Å². The number of hydrogen-bond donors (Lipinski definition) is 1. The van der Waals surface area contributed by atoms with Gasteiger partial charge in [0.15, 0.2) is 5.82 Å². The minimum absolute atomic E-state index is 0.466. The van der Waals surface area contributed by atoms with E-state index < -0.39 is 0 Å². The summed E-state index contributed by atoms with van der Waals surface area (Å²) in [5.41, 5.74) is 5.61. The van der Waals surface area contributed by atoms with Gasteiger partial charge in [0.2, 0.25) is 5.89 Å². The predicted octanol–water partition coefficient (Wildman–Crippen LogP) is 2.95. The highest BCUT2D eigenvalue weighted by atomic mass is 32.2. The third-order valence-electron chi connectivity index (χ3n) is 3.62. The predicted molar refractivity (Wildman–Crippen MR) is 74.5 cm³/mol. The Labute approximate surface area is 113 Å². The van der Waals surface area contributed by atoms with Crippen molar-refractivity contribution < 1.29 is 4.52 Å². The molecule has 0 bridgehead atoms. The molecule has 1 aliphatic heterocycles. The Morgan fingerprint density at radius 3 is 3.06 bits per heavy atom. The van der Waals surface area contributed by atoms with Gasteiger partial charge in [0.05, 0.1) is 5.25 Å². The second-order valence-electron chi connectivity index (χ2n) is 4.94. The molecule has 102 valence electrons. The number of nitrogens with zero attached hydrogens (tertiary/aromatic N) is 2. The molecule has 0 saturated carbocycles. The van der Waals surface area contributed by atoms with E-state index in [1.165, 1.54) is 25.0 Å². The summed E-state index contributed by atoms with van der Waals surface area (Å²) in [5, 5.41) is 4.58. The first-order chi connectivity index (χ1) is 8.83. The topological polar surface area (TPSA) is 64.9 Å². The molecule has 1 saturated heterocycles. The van der Waals surface area contributed by atoms with Crippen LogP contribution >= 0.6 is 11.8 Å². The van der Waals surface area contributed by atoms with Crippen LogP contribution < -0.4 is 5.73 Å². The summed E-state index contributed by atoms with van der Waals surface area (Å²) < 4.78 is 5.34. The van der Waals surface area contributed by atoms with Crippen molar-refractivity contribution in [2.45, 2.75) is 50.7 Å². The lowest BCUT2D eigenvalue weighted by Crippen LogP contribution is -2.09. The van der Waals surface area contributed by atoms with Crippen LogP contribution in [0.4, 0.5) is 0 Å². The molecule has 1 aliphatic rings. The fourth-order valence-electron chi connectivity index (χ4n) is 2.40. The van der Waals surface area contributed by atoms with Gasteiger partial charge in [0.1, 0.15) is 0 Å². The van der Waals surface area contributed by atoms with Gasteiger partial charge in [-0.15, -0.1) is 0 Å². The molecule has 5 heteroatoms. The Morgan fingerprint density at radius 2 is 2.39 bits per heavy atom. The van der Waals surface area contributed by atoms with Crippen LogP contribution in [0.15, 0.2) is 4.52 Å². The maximum atomic E-state index is 5.61. The van der Waals surface area contributed by atoms with Crippen LogP contribution in [0.3, 0.4) is 0 Å². The smallest absolute Gasteiger partial charge is 0.226 e. The van der Waals surface area contributed by atoms with Crippen LogP contribution in [0.1, 0.15) is 56.0 Å². The minimum Gasteiger partial charge on any atom is -0.339 e. The van der Waals surface area contributed by atoms with Crippen LogP contribution in [0.5, 0.6) is 0 Å². The average Bonchev–Trinajstić information content (AvgIpc) is 3.04. The van der Waals surface area contributed by atoms with Gasteiger partial charge < -0.3 is 10.3 Å². The van der Waals surface area contributed by atoms with Crippen molar-refractivity contribution in [3.8, 4) is 0 Å². The molecule has 1 fully saturated rings. The summed E-state index contributed by atoms with van der Waals surface area (Å²) in [6, 6.07) is 0. The molecule has 2 heterocycles. The van der Waals surface area contributed by atoms with E-state index in [4.69, 9.17) is 10.3 Å². The third kappa shape index (κ3) is 3.72. The van der Waals surface area contributed by atoms with E-state index in [2.05, 4.69) is 17.1 Å². The highest BCUT2D eigenvalue weighted by Crippen LogP contribution is 2.38. The molecule has 2 atom stereocenters. The fourth-order valence-corrected chi connectivity index (χ4v) is 3.59. The summed E-state index contributed by atoms with van der Waals surface area (Å²) in [7, 11) is 0. The van der Waals surface area contributed by atoms with Crippen LogP contribution in [0.2, 0.25) is 0 Å². The largest absolute Gasteiger partial charge is 0.339 e. The van der Waals surface area contributed by atoms with Crippen molar-refractivity contribution in [1.82, 2.24) is 10.1 Å². The van der Waals surface area contributed by atoms with Crippen LogP contribution in [0.25, 0.3) is 0 Å². The van der Waals surface area contributed by atoms with Crippen molar-refractivity contribution in [2.24, 2.45) is 11.7 Å². The zero-order valence-electron chi connectivity index (χ0n) is 11.1. The van der Waals surface area contributed by atoms with Gasteiger partial charge in [-0.05, 0) is 43.9 Å². The van der Waals surface area contributed by atoms with Crippen molar-refractivity contribution in [2.75, 3.05) is 12.3 Å². The number of aromatic nitrogens is 2. The minimum atomic E-state index is 0.466. The summed E-state index contributed by atoms with van der Waals surface area (Å²) in [6.07, 6.45) is 6.73. The van der Waals surface area contributed by atoms with Crippen molar-refractivity contribution >= 4 is 11.8 Å². The maximum absolute atomic E-state index is 5.61. The Morgan fingerprint density at radius 1 is 1.50 bits per heavy atom. The molecule has 1 aromatic heterocycles. The molecule has 0 amide bonds. The van der Waals surface area contributed by atoms with Crippen molar-refractivity contribution in [3.63, 3.8) is 0 Å². The SMILES string of the molecule is CCC(CCN)CCc1nc(C2CCCS2)no1. The quantitative estimate of drug-likeness (QED) is 0.824. The van der Waals surface area contributed by atoms with Gasteiger partial charge in [-0.25, -0.2) is 0 Å². The molecule has 0 aromatic carbocycles. The monoisotopic (exact) mass is 269 g/mol. The normalized spacial score (nSPS) is 21.3. The third-order valence-corrected chi connectivity index (χ3v) is 4.99. The molecule has 18 heavy (non-hydrogen) atoms. The van der Waals surface area contributed by atoms with Crippen LogP contribution in [-0.4, -0.2) is 22.4 Å². The summed E-state index contributed by atoms with van der Waals surface area (Å²) in [5.74, 6) is 3.61. The Balaban J connectivity index is 1.82. The van der Waals surface area contributed by atoms with E-state index in [9.17, 15) is 0 Å². The summed E-state index contributed by atoms with van der Waals surface area (Å²) in [4.78, 5) is 4.53. The van der Waals surface area contributed by atoms with E-state index in [-0.39, 0.29) is 0 Å². The van der Waals surface area contributed by atoms with E-state index in [1.807, 2.05) is 11.8 Å². The van der Waals surface area contributed by atoms with Crippen LogP contribution in [0, 0.1) is 5.92 Å². The number of rotatable bonds is 7. The van der Waals surface area contributed by atoms with Gasteiger partial charge in [-0.1, -0.05) is 18.5 Å². The lowest BCUT2D eigenvalue weighted by atomic mass is 9.97. The number of nitrogens with two attached hydrogens (primary N) is 1. The standard InChI is InChI=1S/C13H23N3OS/c1-2-10(7-8-14)5-6-12-15-13(16-17-12)11-4-3-9-18-11/h10-11H,2-9,14H2,1H3. The molecule has 0 spiro atoms. The van der Waals surface area contributed by atoms with Gasteiger partial charge >= 0.3 is 0 Å². The van der Waals surface area contributed by atoms with E-state index in [1.54, 1.807) is 0 Å². The first-order valence-corrected chi connectivity index (χ1v) is 8.02. The van der Waals surface area contributed by atoms with E-state index in [0.29, 0.717) is 11.2 Å². The molecule has 4 nitrogen and oxygen atoms in total. The Bertz CT molecular complexity index is 350. The molecule has 1 aromatic rings.